The van der Waals surface area contributed by atoms with Gasteiger partial charge in [-0.1, -0.05) is 40.6 Å². The molecule has 0 aliphatic heterocycles. The fourth-order valence-corrected chi connectivity index (χ4v) is 1.90. The maximum absolute atomic E-state index is 12.2. The van der Waals surface area contributed by atoms with Gasteiger partial charge in [0.25, 0.3) is 5.91 Å². The first-order chi connectivity index (χ1) is 10.6. The standard InChI is InChI=1S/C14H13N5O3/c1-9-12(17-22-16-9)14(20)19(2)8-11-15-13(18-21-11)10-6-4-3-5-7-10/h3-7H,8H2,1-2H3. The number of aryl methyl sites for hydroxylation is 1. The van der Waals surface area contributed by atoms with E-state index >= 15 is 0 Å². The molecule has 2 aromatic heterocycles. The number of aromatic nitrogens is 4. The van der Waals surface area contributed by atoms with E-state index in [1.165, 1.54) is 4.90 Å². The van der Waals surface area contributed by atoms with Crippen molar-refractivity contribution >= 4 is 5.91 Å². The van der Waals surface area contributed by atoms with Gasteiger partial charge in [0, 0.05) is 12.6 Å². The quantitative estimate of drug-likeness (QED) is 0.723. The van der Waals surface area contributed by atoms with Gasteiger partial charge in [-0.25, -0.2) is 4.63 Å². The predicted octanol–water partition coefficient (Wildman–Crippen LogP) is 1.70. The second kappa shape index (κ2) is 5.76. The van der Waals surface area contributed by atoms with Crippen LogP contribution in [0.25, 0.3) is 11.4 Å². The number of rotatable bonds is 4. The largest absolute Gasteiger partial charge is 0.337 e. The maximum Gasteiger partial charge on any atom is 0.278 e. The van der Waals surface area contributed by atoms with E-state index in [4.69, 9.17) is 4.52 Å². The van der Waals surface area contributed by atoms with Gasteiger partial charge in [0.1, 0.15) is 12.2 Å². The lowest BCUT2D eigenvalue weighted by Gasteiger charge is -2.12. The number of carbonyl (C=O) groups is 1. The van der Waals surface area contributed by atoms with Crippen molar-refractivity contribution in [3.8, 4) is 11.4 Å². The Kier molecular flexibility index (Phi) is 3.65. The van der Waals surface area contributed by atoms with Gasteiger partial charge in [0.15, 0.2) is 5.69 Å². The van der Waals surface area contributed by atoms with Gasteiger partial charge in [-0.2, -0.15) is 4.98 Å². The SMILES string of the molecule is Cc1nonc1C(=O)N(C)Cc1nc(-c2ccccc2)no1. The molecule has 1 amide bonds. The number of nitrogens with zero attached hydrogens (tertiary/aromatic N) is 5. The summed E-state index contributed by atoms with van der Waals surface area (Å²) in [6.45, 7) is 1.82. The number of hydrogen-bond donors (Lipinski definition) is 0. The Hall–Kier alpha value is -3.03. The lowest BCUT2D eigenvalue weighted by atomic mass is 10.2. The van der Waals surface area contributed by atoms with Gasteiger partial charge < -0.3 is 9.42 Å². The summed E-state index contributed by atoms with van der Waals surface area (Å²) < 4.78 is 9.70. The van der Waals surface area contributed by atoms with E-state index in [1.54, 1.807) is 14.0 Å². The number of amides is 1. The number of benzene rings is 1. The van der Waals surface area contributed by atoms with Gasteiger partial charge in [-0.15, -0.1) is 0 Å². The fraction of sp³-hybridized carbons (Fsp3) is 0.214. The highest BCUT2D eigenvalue weighted by Gasteiger charge is 2.21. The minimum atomic E-state index is -0.321. The number of carbonyl (C=O) groups excluding carboxylic acids is 1. The zero-order chi connectivity index (χ0) is 15.5. The highest BCUT2D eigenvalue weighted by atomic mass is 16.6. The molecule has 2 heterocycles. The van der Waals surface area contributed by atoms with Crippen molar-refractivity contribution in [3.05, 3.63) is 47.6 Å². The van der Waals surface area contributed by atoms with Crippen molar-refractivity contribution in [1.82, 2.24) is 25.4 Å². The topological polar surface area (TPSA) is 98.2 Å². The summed E-state index contributed by atoms with van der Waals surface area (Å²) in [5.74, 6) is 0.498. The zero-order valence-corrected chi connectivity index (χ0v) is 12.1. The summed E-state index contributed by atoms with van der Waals surface area (Å²) in [4.78, 5) is 17.9. The summed E-state index contributed by atoms with van der Waals surface area (Å²) in [5.41, 5.74) is 1.46. The van der Waals surface area contributed by atoms with Crippen LogP contribution in [0.4, 0.5) is 0 Å². The van der Waals surface area contributed by atoms with E-state index in [2.05, 4.69) is 25.1 Å². The molecule has 0 saturated carbocycles. The fourth-order valence-electron chi connectivity index (χ4n) is 1.90. The average Bonchev–Trinajstić information content (AvgIpc) is 3.16. The second-order valence-corrected chi connectivity index (χ2v) is 4.74. The molecule has 8 nitrogen and oxygen atoms in total. The highest BCUT2D eigenvalue weighted by Crippen LogP contribution is 2.16. The first-order valence-electron chi connectivity index (χ1n) is 6.58. The molecule has 1 aromatic carbocycles. The molecular formula is C14H13N5O3. The molecule has 0 atom stereocenters. The smallest absolute Gasteiger partial charge is 0.278 e. The van der Waals surface area contributed by atoms with Crippen molar-refractivity contribution in [2.45, 2.75) is 13.5 Å². The van der Waals surface area contributed by atoms with E-state index in [0.717, 1.165) is 5.56 Å². The van der Waals surface area contributed by atoms with Crippen LogP contribution in [0, 0.1) is 6.92 Å². The van der Waals surface area contributed by atoms with E-state index in [-0.39, 0.29) is 18.1 Å². The van der Waals surface area contributed by atoms with Crippen molar-refractivity contribution in [1.29, 1.82) is 0 Å². The van der Waals surface area contributed by atoms with Crippen molar-refractivity contribution < 1.29 is 13.9 Å². The van der Waals surface area contributed by atoms with Crippen LogP contribution in [0.1, 0.15) is 22.1 Å². The maximum atomic E-state index is 12.2. The molecular weight excluding hydrogens is 286 g/mol. The molecule has 3 rings (SSSR count). The molecule has 8 heteroatoms. The monoisotopic (exact) mass is 299 g/mol. The Morgan fingerprint density at radius 3 is 2.64 bits per heavy atom. The van der Waals surface area contributed by atoms with Crippen molar-refractivity contribution in [2.75, 3.05) is 7.05 Å². The normalized spacial score (nSPS) is 10.6. The van der Waals surface area contributed by atoms with Crippen LogP contribution in [0.5, 0.6) is 0 Å². The average molecular weight is 299 g/mol. The minimum Gasteiger partial charge on any atom is -0.337 e. The summed E-state index contributed by atoms with van der Waals surface area (Å²) in [6.07, 6.45) is 0. The molecule has 0 spiro atoms. The summed E-state index contributed by atoms with van der Waals surface area (Å²) >= 11 is 0. The molecule has 22 heavy (non-hydrogen) atoms. The molecule has 0 aliphatic carbocycles. The minimum absolute atomic E-state index is 0.172. The summed E-state index contributed by atoms with van der Waals surface area (Å²) in [6, 6.07) is 9.45. The Balaban J connectivity index is 1.73. The lowest BCUT2D eigenvalue weighted by molar-refractivity contribution is 0.0758. The predicted molar refractivity (Wildman–Crippen MR) is 74.6 cm³/mol. The molecule has 0 N–H and O–H groups in total. The highest BCUT2D eigenvalue weighted by molar-refractivity contribution is 5.92. The van der Waals surface area contributed by atoms with Gasteiger partial charge in [-0.05, 0) is 12.1 Å². The first-order valence-corrected chi connectivity index (χ1v) is 6.58. The molecule has 0 fully saturated rings. The third kappa shape index (κ3) is 2.71. The van der Waals surface area contributed by atoms with E-state index < -0.39 is 0 Å². The van der Waals surface area contributed by atoms with E-state index in [9.17, 15) is 4.79 Å². The first kappa shape index (κ1) is 13.9. The molecule has 0 radical (unpaired) electrons. The molecule has 112 valence electrons. The van der Waals surface area contributed by atoms with Gasteiger partial charge >= 0.3 is 0 Å². The van der Waals surface area contributed by atoms with Crippen molar-refractivity contribution in [2.24, 2.45) is 0 Å². The molecule has 0 saturated heterocycles. The van der Waals surface area contributed by atoms with Crippen molar-refractivity contribution in [3.63, 3.8) is 0 Å². The lowest BCUT2D eigenvalue weighted by Crippen LogP contribution is -2.27. The Bertz CT molecular complexity index is 781. The Morgan fingerprint density at radius 1 is 1.18 bits per heavy atom. The van der Waals surface area contributed by atoms with Crippen LogP contribution in [0.15, 0.2) is 39.5 Å². The van der Waals surface area contributed by atoms with Gasteiger partial charge in [0.05, 0.1) is 0 Å². The van der Waals surface area contributed by atoms with Crippen LogP contribution in [-0.2, 0) is 6.54 Å². The molecule has 0 aliphatic rings. The number of hydrogen-bond acceptors (Lipinski definition) is 7. The second-order valence-electron chi connectivity index (χ2n) is 4.74. The van der Waals surface area contributed by atoms with Crippen LogP contribution < -0.4 is 0 Å². The summed E-state index contributed by atoms with van der Waals surface area (Å²) in [5, 5.41) is 11.1. The third-order valence-electron chi connectivity index (χ3n) is 3.07. The molecule has 0 unspecified atom stereocenters. The summed E-state index contributed by atoms with van der Waals surface area (Å²) in [7, 11) is 1.61. The molecule has 3 aromatic rings. The van der Waals surface area contributed by atoms with E-state index in [1.807, 2.05) is 30.3 Å². The van der Waals surface area contributed by atoms with Crippen LogP contribution in [-0.4, -0.2) is 38.3 Å². The third-order valence-corrected chi connectivity index (χ3v) is 3.07. The Morgan fingerprint density at radius 2 is 1.95 bits per heavy atom. The van der Waals surface area contributed by atoms with Crippen LogP contribution in [0.3, 0.4) is 0 Å². The van der Waals surface area contributed by atoms with Gasteiger partial charge in [0.2, 0.25) is 11.7 Å². The van der Waals surface area contributed by atoms with Crippen LogP contribution >= 0.6 is 0 Å². The van der Waals surface area contributed by atoms with Gasteiger partial charge in [-0.3, -0.25) is 4.79 Å². The zero-order valence-electron chi connectivity index (χ0n) is 12.1. The van der Waals surface area contributed by atoms with E-state index in [0.29, 0.717) is 17.4 Å². The van der Waals surface area contributed by atoms with Crippen LogP contribution in [0.2, 0.25) is 0 Å². The Labute approximate surface area is 125 Å². The molecule has 0 bridgehead atoms.